The summed E-state index contributed by atoms with van der Waals surface area (Å²) in [5, 5.41) is 17.7. The molecule has 7 heteroatoms. The van der Waals surface area contributed by atoms with Crippen molar-refractivity contribution in [1.29, 1.82) is 0 Å². The van der Waals surface area contributed by atoms with Gasteiger partial charge in [-0.05, 0) is 46.7 Å². The summed E-state index contributed by atoms with van der Waals surface area (Å²) in [6.45, 7) is 2.20. The van der Waals surface area contributed by atoms with Crippen molar-refractivity contribution in [3.8, 4) is 5.69 Å². The molecule has 0 unspecified atom stereocenters. The fourth-order valence-corrected chi connectivity index (χ4v) is 2.32. The number of para-hydroxylation sites is 1. The molecule has 0 bridgehead atoms. The van der Waals surface area contributed by atoms with Crippen molar-refractivity contribution in [3.63, 3.8) is 0 Å². The molecule has 1 heterocycles. The molecule has 7 nitrogen and oxygen atoms in total. The highest BCUT2D eigenvalue weighted by molar-refractivity contribution is 5.88. The minimum atomic E-state index is -0.0721. The smallest absolute Gasteiger partial charge is 0.247 e. The van der Waals surface area contributed by atoms with Crippen molar-refractivity contribution in [3.05, 3.63) is 60.2 Å². The summed E-state index contributed by atoms with van der Waals surface area (Å²) >= 11 is 0. The molecule has 0 spiro atoms. The van der Waals surface area contributed by atoms with Gasteiger partial charge in [-0.3, -0.25) is 4.79 Å². The van der Waals surface area contributed by atoms with Gasteiger partial charge in [0.15, 0.2) is 0 Å². The van der Waals surface area contributed by atoms with Crippen LogP contribution in [0.4, 0.5) is 11.6 Å². The molecular formula is C17H18N6O. The molecule has 0 fully saturated rings. The van der Waals surface area contributed by atoms with Crippen LogP contribution < -0.4 is 10.6 Å². The Morgan fingerprint density at radius 3 is 2.54 bits per heavy atom. The van der Waals surface area contributed by atoms with Gasteiger partial charge in [-0.1, -0.05) is 35.4 Å². The molecule has 1 amide bonds. The highest BCUT2D eigenvalue weighted by Gasteiger charge is 2.06. The maximum absolute atomic E-state index is 11.0. The molecule has 3 rings (SSSR count). The zero-order valence-electron chi connectivity index (χ0n) is 13.3. The molecule has 24 heavy (non-hydrogen) atoms. The molecule has 0 saturated heterocycles. The first-order chi connectivity index (χ1) is 11.7. The van der Waals surface area contributed by atoms with E-state index in [1.165, 1.54) is 6.92 Å². The second kappa shape index (κ2) is 7.36. The average Bonchev–Trinajstić information content (AvgIpc) is 3.05. The van der Waals surface area contributed by atoms with E-state index in [-0.39, 0.29) is 5.91 Å². The van der Waals surface area contributed by atoms with Gasteiger partial charge in [-0.2, -0.15) is 4.68 Å². The third-order valence-corrected chi connectivity index (χ3v) is 3.44. The Labute approximate surface area is 139 Å². The van der Waals surface area contributed by atoms with Crippen LogP contribution in [0.15, 0.2) is 54.6 Å². The van der Waals surface area contributed by atoms with E-state index in [2.05, 4.69) is 26.2 Å². The first kappa shape index (κ1) is 15.7. The van der Waals surface area contributed by atoms with E-state index in [0.29, 0.717) is 12.5 Å². The Hall–Kier alpha value is -3.22. The van der Waals surface area contributed by atoms with Crippen molar-refractivity contribution in [2.75, 3.05) is 17.2 Å². The number of rotatable bonds is 6. The van der Waals surface area contributed by atoms with Crippen molar-refractivity contribution < 1.29 is 4.79 Å². The predicted octanol–water partition coefficient (Wildman–Crippen LogP) is 2.28. The lowest BCUT2D eigenvalue weighted by Gasteiger charge is -2.08. The quantitative estimate of drug-likeness (QED) is 0.727. The zero-order chi connectivity index (χ0) is 16.8. The van der Waals surface area contributed by atoms with E-state index < -0.39 is 0 Å². The summed E-state index contributed by atoms with van der Waals surface area (Å²) in [7, 11) is 0. The van der Waals surface area contributed by atoms with Gasteiger partial charge in [-0.25, -0.2) is 0 Å². The summed E-state index contributed by atoms with van der Waals surface area (Å²) in [6, 6.07) is 17.5. The van der Waals surface area contributed by atoms with Crippen molar-refractivity contribution >= 4 is 17.5 Å². The normalized spacial score (nSPS) is 10.4. The molecule has 0 aliphatic carbocycles. The minimum Gasteiger partial charge on any atom is -0.352 e. The molecule has 2 N–H and O–H groups in total. The molecule has 0 aliphatic heterocycles. The Balaban J connectivity index is 1.58. The Kier molecular flexibility index (Phi) is 4.81. The van der Waals surface area contributed by atoms with E-state index in [1.807, 2.05) is 54.6 Å². The van der Waals surface area contributed by atoms with Crippen LogP contribution in [-0.4, -0.2) is 32.7 Å². The monoisotopic (exact) mass is 322 g/mol. The van der Waals surface area contributed by atoms with Crippen molar-refractivity contribution in [2.24, 2.45) is 0 Å². The predicted molar refractivity (Wildman–Crippen MR) is 92.1 cm³/mol. The average molecular weight is 322 g/mol. The van der Waals surface area contributed by atoms with Crippen LogP contribution in [0, 0.1) is 0 Å². The summed E-state index contributed by atoms with van der Waals surface area (Å²) in [5.41, 5.74) is 2.87. The van der Waals surface area contributed by atoms with Crippen LogP contribution in [0.5, 0.6) is 0 Å². The highest BCUT2D eigenvalue weighted by Crippen LogP contribution is 2.12. The largest absolute Gasteiger partial charge is 0.352 e. The first-order valence-corrected chi connectivity index (χ1v) is 7.66. The summed E-state index contributed by atoms with van der Waals surface area (Å²) in [6.07, 6.45) is 0.821. The SMILES string of the molecule is CC(=O)Nc1ccc(CCNc2nnnn2-c2ccccc2)cc1. The van der Waals surface area contributed by atoms with Gasteiger partial charge in [0.2, 0.25) is 11.9 Å². The fourth-order valence-electron chi connectivity index (χ4n) is 2.32. The molecule has 3 aromatic rings. The fraction of sp³-hybridized carbons (Fsp3) is 0.176. The molecule has 122 valence electrons. The molecule has 0 atom stereocenters. The summed E-state index contributed by atoms with van der Waals surface area (Å²) in [5.74, 6) is 0.535. The number of benzene rings is 2. The maximum Gasteiger partial charge on any atom is 0.247 e. The Morgan fingerprint density at radius 2 is 1.83 bits per heavy atom. The second-order valence-corrected chi connectivity index (χ2v) is 5.30. The molecular weight excluding hydrogens is 304 g/mol. The third kappa shape index (κ3) is 3.95. The van der Waals surface area contributed by atoms with Crippen molar-refractivity contribution in [1.82, 2.24) is 20.2 Å². The number of hydrogen-bond donors (Lipinski definition) is 2. The summed E-state index contributed by atoms with van der Waals surface area (Å²) < 4.78 is 1.67. The Morgan fingerprint density at radius 1 is 1.08 bits per heavy atom. The number of nitrogens with one attached hydrogen (secondary N) is 2. The van der Waals surface area contributed by atoms with Crippen LogP contribution in [0.2, 0.25) is 0 Å². The van der Waals surface area contributed by atoms with Gasteiger partial charge in [0.25, 0.3) is 0 Å². The van der Waals surface area contributed by atoms with Gasteiger partial charge in [0.1, 0.15) is 0 Å². The third-order valence-electron chi connectivity index (χ3n) is 3.44. The molecule has 0 saturated carbocycles. The van der Waals surface area contributed by atoms with Crippen LogP contribution in [0.1, 0.15) is 12.5 Å². The van der Waals surface area contributed by atoms with Crippen LogP contribution in [-0.2, 0) is 11.2 Å². The van der Waals surface area contributed by atoms with Crippen LogP contribution in [0.3, 0.4) is 0 Å². The number of tetrazole rings is 1. The van der Waals surface area contributed by atoms with Crippen molar-refractivity contribution in [2.45, 2.75) is 13.3 Å². The van der Waals surface area contributed by atoms with E-state index in [0.717, 1.165) is 23.4 Å². The van der Waals surface area contributed by atoms with Gasteiger partial charge < -0.3 is 10.6 Å². The molecule has 2 aromatic carbocycles. The number of aromatic nitrogens is 4. The number of carbonyl (C=O) groups excluding carboxylic acids is 1. The lowest BCUT2D eigenvalue weighted by molar-refractivity contribution is -0.114. The van der Waals surface area contributed by atoms with E-state index in [1.54, 1.807) is 4.68 Å². The number of amides is 1. The maximum atomic E-state index is 11.0. The number of anilines is 2. The zero-order valence-corrected chi connectivity index (χ0v) is 13.3. The number of carbonyl (C=O) groups is 1. The lowest BCUT2D eigenvalue weighted by atomic mass is 10.1. The van der Waals surface area contributed by atoms with Gasteiger partial charge in [0.05, 0.1) is 5.69 Å². The molecule has 0 aliphatic rings. The molecule has 1 aromatic heterocycles. The first-order valence-electron chi connectivity index (χ1n) is 7.66. The number of hydrogen-bond acceptors (Lipinski definition) is 5. The van der Waals surface area contributed by atoms with Gasteiger partial charge >= 0.3 is 0 Å². The topological polar surface area (TPSA) is 84.7 Å². The standard InChI is InChI=1S/C17H18N6O/c1-13(24)19-15-9-7-14(8-10-15)11-12-18-17-20-21-22-23(17)16-5-3-2-4-6-16/h2-10H,11-12H2,1H3,(H,19,24)(H,18,20,22). The lowest BCUT2D eigenvalue weighted by Crippen LogP contribution is -2.11. The van der Waals surface area contributed by atoms with Gasteiger partial charge in [-0.15, -0.1) is 0 Å². The second-order valence-electron chi connectivity index (χ2n) is 5.30. The van der Waals surface area contributed by atoms with E-state index in [9.17, 15) is 4.79 Å². The Bertz CT molecular complexity index is 797. The van der Waals surface area contributed by atoms with Crippen LogP contribution >= 0.6 is 0 Å². The van der Waals surface area contributed by atoms with Crippen LogP contribution in [0.25, 0.3) is 5.69 Å². The number of nitrogens with zero attached hydrogens (tertiary/aromatic N) is 4. The van der Waals surface area contributed by atoms with E-state index >= 15 is 0 Å². The molecule has 0 radical (unpaired) electrons. The minimum absolute atomic E-state index is 0.0721. The van der Waals surface area contributed by atoms with Gasteiger partial charge in [0, 0.05) is 19.2 Å². The van der Waals surface area contributed by atoms with E-state index in [4.69, 9.17) is 0 Å². The summed E-state index contributed by atoms with van der Waals surface area (Å²) in [4.78, 5) is 11.0. The highest BCUT2D eigenvalue weighted by atomic mass is 16.1.